The maximum absolute atomic E-state index is 12.3. The highest BCUT2D eigenvalue weighted by Gasteiger charge is 2.19. The lowest BCUT2D eigenvalue weighted by Crippen LogP contribution is -2.23. The molecular formula is C13H13BrN2O4S2. The fourth-order valence-corrected chi connectivity index (χ4v) is 3.73. The molecule has 2 aromatic rings. The van der Waals surface area contributed by atoms with Crippen molar-refractivity contribution in [3.63, 3.8) is 0 Å². The first kappa shape index (κ1) is 17.1. The number of hydrogen-bond donors (Lipinski definition) is 1. The molecule has 1 N–H and O–H groups in total. The van der Waals surface area contributed by atoms with Crippen molar-refractivity contribution in [1.29, 1.82) is 0 Å². The van der Waals surface area contributed by atoms with Crippen LogP contribution in [0.25, 0.3) is 0 Å². The number of aromatic nitrogens is 1. The molecule has 118 valence electrons. The van der Waals surface area contributed by atoms with Gasteiger partial charge in [-0.1, -0.05) is 0 Å². The van der Waals surface area contributed by atoms with Crippen LogP contribution in [-0.2, 0) is 21.3 Å². The first-order valence-corrected chi connectivity index (χ1v) is 9.27. The SMILES string of the molecule is COC(=O)c1cc(S(=O)(=O)NCc2csc(C)n2)ccc1Br. The van der Waals surface area contributed by atoms with E-state index in [1.165, 1.54) is 36.6 Å². The molecule has 22 heavy (non-hydrogen) atoms. The van der Waals surface area contributed by atoms with Crippen molar-refractivity contribution in [2.75, 3.05) is 7.11 Å². The second-order valence-corrected chi connectivity index (χ2v) is 8.00. The number of carbonyl (C=O) groups is 1. The Labute approximate surface area is 140 Å². The third kappa shape index (κ3) is 3.92. The first-order valence-electron chi connectivity index (χ1n) is 6.12. The number of esters is 1. The van der Waals surface area contributed by atoms with Gasteiger partial charge in [-0.3, -0.25) is 0 Å². The van der Waals surface area contributed by atoms with Crippen molar-refractivity contribution in [2.45, 2.75) is 18.4 Å². The van der Waals surface area contributed by atoms with Crippen molar-refractivity contribution in [1.82, 2.24) is 9.71 Å². The number of nitrogens with one attached hydrogen (secondary N) is 1. The number of rotatable bonds is 5. The molecule has 0 aliphatic heterocycles. The summed E-state index contributed by atoms with van der Waals surface area (Å²) >= 11 is 4.64. The van der Waals surface area contributed by atoms with Crippen LogP contribution in [0.3, 0.4) is 0 Å². The number of benzene rings is 1. The Balaban J connectivity index is 2.23. The molecule has 9 heteroatoms. The minimum absolute atomic E-state index is 0.0111. The number of sulfonamides is 1. The number of ether oxygens (including phenoxy) is 1. The number of methoxy groups -OCH3 is 1. The summed E-state index contributed by atoms with van der Waals surface area (Å²) in [4.78, 5) is 15.8. The number of nitrogens with zero attached hydrogens (tertiary/aromatic N) is 1. The van der Waals surface area contributed by atoms with E-state index in [1.807, 2.05) is 6.92 Å². The van der Waals surface area contributed by atoms with Crippen LogP contribution in [0.1, 0.15) is 21.1 Å². The third-order valence-electron chi connectivity index (χ3n) is 2.76. The van der Waals surface area contributed by atoms with Gasteiger partial charge in [0, 0.05) is 9.85 Å². The highest BCUT2D eigenvalue weighted by Crippen LogP contribution is 2.22. The highest BCUT2D eigenvalue weighted by molar-refractivity contribution is 9.10. The van der Waals surface area contributed by atoms with Crippen LogP contribution >= 0.6 is 27.3 Å². The van der Waals surface area contributed by atoms with Gasteiger partial charge < -0.3 is 4.74 Å². The van der Waals surface area contributed by atoms with Crippen LogP contribution in [0, 0.1) is 6.92 Å². The van der Waals surface area contributed by atoms with E-state index in [9.17, 15) is 13.2 Å². The van der Waals surface area contributed by atoms with Gasteiger partial charge in [0.25, 0.3) is 0 Å². The van der Waals surface area contributed by atoms with Crippen molar-refractivity contribution in [3.8, 4) is 0 Å². The molecule has 1 aromatic carbocycles. The monoisotopic (exact) mass is 404 g/mol. The van der Waals surface area contributed by atoms with Crippen LogP contribution in [0.4, 0.5) is 0 Å². The minimum Gasteiger partial charge on any atom is -0.465 e. The third-order valence-corrected chi connectivity index (χ3v) is 5.68. The summed E-state index contributed by atoms with van der Waals surface area (Å²) in [5.41, 5.74) is 0.797. The summed E-state index contributed by atoms with van der Waals surface area (Å²) in [6, 6.07) is 4.17. The Morgan fingerprint density at radius 2 is 2.18 bits per heavy atom. The van der Waals surface area contributed by atoms with E-state index in [0.29, 0.717) is 10.2 Å². The van der Waals surface area contributed by atoms with Crippen molar-refractivity contribution in [3.05, 3.63) is 44.3 Å². The van der Waals surface area contributed by atoms with Crippen LogP contribution in [-0.4, -0.2) is 26.5 Å². The predicted molar refractivity (Wildman–Crippen MR) is 86.4 cm³/mol. The number of hydrogen-bond acceptors (Lipinski definition) is 6. The van der Waals surface area contributed by atoms with Crippen molar-refractivity contribution >= 4 is 43.3 Å². The summed E-state index contributed by atoms with van der Waals surface area (Å²) in [5, 5.41) is 2.66. The van der Waals surface area contributed by atoms with Crippen molar-refractivity contribution < 1.29 is 17.9 Å². The molecule has 0 aliphatic rings. The maximum Gasteiger partial charge on any atom is 0.339 e. The van der Waals surface area contributed by atoms with Gasteiger partial charge in [-0.15, -0.1) is 11.3 Å². The largest absolute Gasteiger partial charge is 0.465 e. The minimum atomic E-state index is -3.74. The number of halogens is 1. The molecule has 0 bridgehead atoms. The first-order chi connectivity index (χ1) is 10.3. The van der Waals surface area contributed by atoms with Gasteiger partial charge in [0.15, 0.2) is 0 Å². The lowest BCUT2D eigenvalue weighted by atomic mass is 10.2. The topological polar surface area (TPSA) is 85.4 Å². The van der Waals surface area contributed by atoms with Gasteiger partial charge in [-0.05, 0) is 41.1 Å². The molecule has 0 unspecified atom stereocenters. The van der Waals surface area contributed by atoms with E-state index in [2.05, 4.69) is 30.4 Å². The number of thiazole rings is 1. The molecule has 1 heterocycles. The molecule has 0 saturated heterocycles. The fraction of sp³-hybridized carbons (Fsp3) is 0.231. The Hall–Kier alpha value is -1.29. The van der Waals surface area contributed by atoms with Gasteiger partial charge in [-0.2, -0.15) is 0 Å². The van der Waals surface area contributed by atoms with Gasteiger partial charge in [0.2, 0.25) is 10.0 Å². The average molecular weight is 405 g/mol. The summed E-state index contributed by atoms with van der Waals surface area (Å²) in [5.74, 6) is -0.612. The molecule has 0 amide bonds. The van der Waals surface area contributed by atoms with Crippen molar-refractivity contribution in [2.24, 2.45) is 0 Å². The van der Waals surface area contributed by atoms with E-state index < -0.39 is 16.0 Å². The Kier molecular flexibility index (Phi) is 5.32. The molecule has 1 aromatic heterocycles. The quantitative estimate of drug-likeness (QED) is 0.773. The summed E-state index contributed by atoms with van der Waals surface area (Å²) in [6.45, 7) is 1.94. The average Bonchev–Trinajstić information content (AvgIpc) is 2.90. The summed E-state index contributed by atoms with van der Waals surface area (Å²) in [6.07, 6.45) is 0. The number of carbonyl (C=O) groups excluding carboxylic acids is 1. The zero-order valence-electron chi connectivity index (χ0n) is 11.8. The second-order valence-electron chi connectivity index (χ2n) is 4.32. The van der Waals surface area contributed by atoms with Gasteiger partial charge in [0.1, 0.15) is 0 Å². The lowest BCUT2D eigenvalue weighted by molar-refractivity contribution is 0.0599. The van der Waals surface area contributed by atoms with Crippen LogP contribution in [0.2, 0.25) is 0 Å². The molecule has 0 saturated carbocycles. The molecule has 6 nitrogen and oxygen atoms in total. The Morgan fingerprint density at radius 3 is 2.77 bits per heavy atom. The van der Waals surface area contributed by atoms with Gasteiger partial charge >= 0.3 is 5.97 Å². The molecule has 0 radical (unpaired) electrons. The smallest absolute Gasteiger partial charge is 0.339 e. The molecular weight excluding hydrogens is 392 g/mol. The maximum atomic E-state index is 12.3. The zero-order chi connectivity index (χ0) is 16.3. The highest BCUT2D eigenvalue weighted by atomic mass is 79.9. The normalized spacial score (nSPS) is 11.4. The molecule has 0 atom stereocenters. The van der Waals surface area contributed by atoms with Gasteiger partial charge in [0.05, 0.1) is 34.8 Å². The zero-order valence-corrected chi connectivity index (χ0v) is 15.0. The van der Waals surface area contributed by atoms with E-state index in [1.54, 1.807) is 5.38 Å². The van der Waals surface area contributed by atoms with Gasteiger partial charge in [-0.25, -0.2) is 22.9 Å². The number of aryl methyl sites for hydroxylation is 1. The van der Waals surface area contributed by atoms with Crippen LogP contribution < -0.4 is 4.72 Å². The summed E-state index contributed by atoms with van der Waals surface area (Å²) < 4.78 is 32.1. The van der Waals surface area contributed by atoms with E-state index in [0.717, 1.165) is 5.01 Å². The van der Waals surface area contributed by atoms with E-state index in [4.69, 9.17) is 0 Å². The second kappa shape index (κ2) is 6.86. The van der Waals surface area contributed by atoms with Crippen LogP contribution in [0.5, 0.6) is 0 Å². The lowest BCUT2D eigenvalue weighted by Gasteiger charge is -2.08. The molecule has 0 fully saturated rings. The Morgan fingerprint density at radius 1 is 1.45 bits per heavy atom. The predicted octanol–water partition coefficient (Wildman–Crippen LogP) is 2.48. The molecule has 0 spiro atoms. The Bertz CT molecular complexity index is 802. The van der Waals surface area contributed by atoms with Crippen LogP contribution in [0.15, 0.2) is 32.9 Å². The molecule has 2 rings (SSSR count). The standard InChI is InChI=1S/C13H13BrN2O4S2/c1-8-16-9(7-21-8)6-15-22(18,19)10-3-4-12(14)11(5-10)13(17)20-2/h3-5,7,15H,6H2,1-2H3. The molecule has 0 aliphatic carbocycles. The summed E-state index contributed by atoms with van der Waals surface area (Å²) in [7, 11) is -2.51. The fourth-order valence-electron chi connectivity index (χ4n) is 1.68. The van der Waals surface area contributed by atoms with E-state index >= 15 is 0 Å². The van der Waals surface area contributed by atoms with E-state index in [-0.39, 0.29) is 17.0 Å².